The molecule has 0 radical (unpaired) electrons. The molecule has 0 saturated carbocycles. The number of carbonyl (C=O) groups excluding carboxylic acids is 1. The quantitative estimate of drug-likeness (QED) is 0.740. The van der Waals surface area contributed by atoms with Gasteiger partial charge in [-0.2, -0.15) is 0 Å². The minimum Gasteiger partial charge on any atom is -0.493 e. The number of carbonyl (C=O) groups is 1. The van der Waals surface area contributed by atoms with Crippen molar-refractivity contribution in [2.24, 2.45) is 0 Å². The Morgan fingerprint density at radius 2 is 1.52 bits per heavy atom. The molecule has 134 valence electrons. The third kappa shape index (κ3) is 4.41. The van der Waals surface area contributed by atoms with E-state index in [-0.39, 0.29) is 28.1 Å². The summed E-state index contributed by atoms with van der Waals surface area (Å²) in [5, 5.41) is 3.27. The van der Waals surface area contributed by atoms with E-state index < -0.39 is 0 Å². The molecule has 0 atom stereocenters. The fraction of sp³-hybridized carbons (Fsp3) is 0.235. The Morgan fingerprint density at radius 1 is 1.00 bits per heavy atom. The standard InChI is InChI=1S/C17H18Cl2N2O4/c1-23-13-4-9(5-14(24-2)17(13)25-3)6-15(22)21-10-7-11(18)16(20)12(19)8-10/h4-5,7-8H,6,20H2,1-3H3,(H,21,22). The minimum absolute atomic E-state index is 0.0936. The fourth-order valence-corrected chi connectivity index (χ4v) is 2.77. The van der Waals surface area contributed by atoms with E-state index in [0.29, 0.717) is 28.5 Å². The molecule has 0 unspecified atom stereocenters. The zero-order chi connectivity index (χ0) is 18.6. The Balaban J connectivity index is 2.20. The summed E-state index contributed by atoms with van der Waals surface area (Å²) in [6.45, 7) is 0. The number of amides is 1. The minimum atomic E-state index is -0.258. The van der Waals surface area contributed by atoms with Crippen molar-refractivity contribution in [1.82, 2.24) is 0 Å². The van der Waals surface area contributed by atoms with Crippen LogP contribution < -0.4 is 25.3 Å². The summed E-state index contributed by atoms with van der Waals surface area (Å²) in [4.78, 5) is 12.3. The molecular weight excluding hydrogens is 367 g/mol. The summed E-state index contributed by atoms with van der Waals surface area (Å²) in [7, 11) is 4.54. The highest BCUT2D eigenvalue weighted by Gasteiger charge is 2.15. The van der Waals surface area contributed by atoms with Crippen LogP contribution in [0.1, 0.15) is 5.56 Å². The number of benzene rings is 2. The van der Waals surface area contributed by atoms with E-state index in [1.165, 1.54) is 33.5 Å². The highest BCUT2D eigenvalue weighted by atomic mass is 35.5. The Morgan fingerprint density at radius 3 is 1.96 bits per heavy atom. The first-order valence-electron chi connectivity index (χ1n) is 7.22. The molecule has 0 saturated heterocycles. The average Bonchev–Trinajstić information content (AvgIpc) is 2.58. The third-order valence-corrected chi connectivity index (χ3v) is 4.08. The molecule has 0 aliphatic rings. The number of hydrogen-bond donors (Lipinski definition) is 2. The molecule has 2 aromatic rings. The average molecular weight is 385 g/mol. The first kappa shape index (κ1) is 19.0. The number of nitrogen functional groups attached to an aromatic ring is 1. The molecule has 0 bridgehead atoms. The lowest BCUT2D eigenvalue weighted by Crippen LogP contribution is -2.14. The molecule has 0 spiro atoms. The molecule has 0 aliphatic carbocycles. The van der Waals surface area contributed by atoms with Gasteiger partial charge in [0.1, 0.15) is 0 Å². The molecule has 0 aromatic heterocycles. The summed E-state index contributed by atoms with van der Waals surface area (Å²) in [5.74, 6) is 1.16. The lowest BCUT2D eigenvalue weighted by Gasteiger charge is -2.14. The van der Waals surface area contributed by atoms with Gasteiger partial charge in [-0.1, -0.05) is 23.2 Å². The van der Waals surface area contributed by atoms with Gasteiger partial charge in [0.25, 0.3) is 0 Å². The lowest BCUT2D eigenvalue weighted by molar-refractivity contribution is -0.115. The first-order chi connectivity index (χ1) is 11.9. The van der Waals surface area contributed by atoms with Crippen molar-refractivity contribution in [2.45, 2.75) is 6.42 Å². The molecule has 0 fully saturated rings. The van der Waals surface area contributed by atoms with Gasteiger partial charge in [-0.05, 0) is 29.8 Å². The van der Waals surface area contributed by atoms with Crippen molar-refractivity contribution in [3.05, 3.63) is 39.9 Å². The van der Waals surface area contributed by atoms with Crippen LogP contribution in [0.3, 0.4) is 0 Å². The predicted molar refractivity (Wildman–Crippen MR) is 99.3 cm³/mol. The van der Waals surface area contributed by atoms with Gasteiger partial charge in [0.05, 0.1) is 43.5 Å². The van der Waals surface area contributed by atoms with E-state index in [0.717, 1.165) is 0 Å². The zero-order valence-electron chi connectivity index (χ0n) is 14.0. The molecular formula is C17H18Cl2N2O4. The number of nitrogens with two attached hydrogens (primary N) is 1. The highest BCUT2D eigenvalue weighted by molar-refractivity contribution is 6.39. The van der Waals surface area contributed by atoms with Crippen molar-refractivity contribution in [2.75, 3.05) is 32.4 Å². The molecule has 2 rings (SSSR count). The van der Waals surface area contributed by atoms with Gasteiger partial charge in [-0.3, -0.25) is 4.79 Å². The van der Waals surface area contributed by atoms with Crippen LogP contribution in [0.25, 0.3) is 0 Å². The van der Waals surface area contributed by atoms with Gasteiger partial charge in [0, 0.05) is 5.69 Å². The maximum atomic E-state index is 12.3. The Bertz CT molecular complexity index is 748. The molecule has 8 heteroatoms. The van der Waals surface area contributed by atoms with E-state index >= 15 is 0 Å². The zero-order valence-corrected chi connectivity index (χ0v) is 15.5. The number of ether oxygens (including phenoxy) is 3. The maximum absolute atomic E-state index is 12.3. The number of rotatable bonds is 6. The van der Waals surface area contributed by atoms with E-state index in [9.17, 15) is 4.79 Å². The normalized spacial score (nSPS) is 10.3. The smallest absolute Gasteiger partial charge is 0.228 e. The van der Waals surface area contributed by atoms with Crippen LogP contribution in [0.2, 0.25) is 10.0 Å². The molecule has 1 amide bonds. The van der Waals surface area contributed by atoms with Crippen molar-refractivity contribution in [1.29, 1.82) is 0 Å². The second-order valence-corrected chi connectivity index (χ2v) is 5.93. The second-order valence-electron chi connectivity index (χ2n) is 5.11. The van der Waals surface area contributed by atoms with Crippen LogP contribution in [0.5, 0.6) is 17.2 Å². The number of halogens is 2. The lowest BCUT2D eigenvalue weighted by atomic mass is 10.1. The van der Waals surface area contributed by atoms with Gasteiger partial charge in [0.15, 0.2) is 11.5 Å². The van der Waals surface area contributed by atoms with Crippen molar-refractivity contribution < 1.29 is 19.0 Å². The topological polar surface area (TPSA) is 82.8 Å². The SMILES string of the molecule is COc1cc(CC(=O)Nc2cc(Cl)c(N)c(Cl)c2)cc(OC)c1OC. The van der Waals surface area contributed by atoms with Gasteiger partial charge in [0.2, 0.25) is 11.7 Å². The third-order valence-electron chi connectivity index (χ3n) is 3.45. The number of hydrogen-bond acceptors (Lipinski definition) is 5. The molecule has 6 nitrogen and oxygen atoms in total. The van der Waals surface area contributed by atoms with Crippen molar-refractivity contribution in [3.63, 3.8) is 0 Å². The number of nitrogens with one attached hydrogen (secondary N) is 1. The molecule has 2 aromatic carbocycles. The van der Waals surface area contributed by atoms with Gasteiger partial charge in [-0.15, -0.1) is 0 Å². The summed E-state index contributed by atoms with van der Waals surface area (Å²) >= 11 is 11.9. The van der Waals surface area contributed by atoms with Gasteiger partial charge >= 0.3 is 0 Å². The predicted octanol–water partition coefficient (Wildman–Crippen LogP) is 3.78. The number of methoxy groups -OCH3 is 3. The van der Waals surface area contributed by atoms with Crippen LogP contribution >= 0.6 is 23.2 Å². The van der Waals surface area contributed by atoms with E-state index in [1.807, 2.05) is 0 Å². The van der Waals surface area contributed by atoms with E-state index in [4.69, 9.17) is 43.1 Å². The monoisotopic (exact) mass is 384 g/mol. The second kappa shape index (κ2) is 8.18. The summed E-state index contributed by atoms with van der Waals surface area (Å²) in [6.07, 6.45) is 0.0936. The summed E-state index contributed by atoms with van der Waals surface area (Å²) in [5.41, 5.74) is 7.10. The van der Waals surface area contributed by atoms with Crippen LogP contribution in [-0.2, 0) is 11.2 Å². The Labute approximate surface area is 155 Å². The van der Waals surface area contributed by atoms with Crippen LogP contribution in [0.15, 0.2) is 24.3 Å². The Hall–Kier alpha value is -2.31. The van der Waals surface area contributed by atoms with Crippen LogP contribution in [0, 0.1) is 0 Å². The van der Waals surface area contributed by atoms with Crippen molar-refractivity contribution >= 4 is 40.5 Å². The molecule has 0 aliphatic heterocycles. The van der Waals surface area contributed by atoms with E-state index in [2.05, 4.69) is 5.32 Å². The van der Waals surface area contributed by atoms with Gasteiger partial charge < -0.3 is 25.3 Å². The van der Waals surface area contributed by atoms with Gasteiger partial charge in [-0.25, -0.2) is 0 Å². The Kier molecular flexibility index (Phi) is 6.22. The van der Waals surface area contributed by atoms with Crippen molar-refractivity contribution in [3.8, 4) is 17.2 Å². The van der Waals surface area contributed by atoms with E-state index in [1.54, 1.807) is 12.1 Å². The molecule has 0 heterocycles. The maximum Gasteiger partial charge on any atom is 0.228 e. The number of anilines is 2. The summed E-state index contributed by atoms with van der Waals surface area (Å²) in [6, 6.07) is 6.50. The van der Waals surface area contributed by atoms with Crippen LogP contribution in [0.4, 0.5) is 11.4 Å². The highest BCUT2D eigenvalue weighted by Crippen LogP contribution is 2.38. The van der Waals surface area contributed by atoms with Crippen LogP contribution in [-0.4, -0.2) is 27.2 Å². The molecule has 25 heavy (non-hydrogen) atoms. The first-order valence-corrected chi connectivity index (χ1v) is 7.98. The molecule has 3 N–H and O–H groups in total. The fourth-order valence-electron chi connectivity index (χ4n) is 2.28. The largest absolute Gasteiger partial charge is 0.493 e. The summed E-state index contributed by atoms with van der Waals surface area (Å²) < 4.78 is 15.8.